The van der Waals surface area contributed by atoms with Crippen LogP contribution in [0.1, 0.15) is 49.9 Å². The van der Waals surface area contributed by atoms with Gasteiger partial charge in [-0.1, -0.05) is 25.9 Å². The van der Waals surface area contributed by atoms with Crippen LogP contribution in [0.15, 0.2) is 10.6 Å². The van der Waals surface area contributed by atoms with Gasteiger partial charge in [0.05, 0.1) is 0 Å². The fourth-order valence-electron chi connectivity index (χ4n) is 2.64. The molecule has 21 heavy (non-hydrogen) atoms. The lowest BCUT2D eigenvalue weighted by Gasteiger charge is -2.34. The third kappa shape index (κ3) is 4.84. The van der Waals surface area contributed by atoms with Crippen LogP contribution in [0.2, 0.25) is 0 Å². The second-order valence-corrected chi connectivity index (χ2v) is 7.12. The monoisotopic (exact) mass is 293 g/mol. The lowest BCUT2D eigenvalue weighted by Crippen LogP contribution is -2.49. The molecule has 0 saturated carbocycles. The van der Waals surface area contributed by atoms with Crippen LogP contribution in [-0.2, 0) is 0 Å². The number of aryl methyl sites for hydroxylation is 1. The SMILES string of the molecule is Cc1cc(C(=O)N2CCN(CCCC(C)(C)C)CC2)no1. The summed E-state index contributed by atoms with van der Waals surface area (Å²) in [6.45, 7) is 13.2. The standard InChI is InChI=1S/C16H27N3O2/c1-13-12-14(17-21-13)15(20)19-10-8-18(9-11-19)7-5-6-16(2,3)4/h12H,5-11H2,1-4H3. The Kier molecular flexibility index (Phi) is 5.04. The number of aromatic nitrogens is 1. The number of carbonyl (C=O) groups is 1. The van der Waals surface area contributed by atoms with E-state index < -0.39 is 0 Å². The van der Waals surface area contributed by atoms with E-state index in [1.54, 1.807) is 13.0 Å². The molecule has 0 aromatic carbocycles. The van der Waals surface area contributed by atoms with Crippen molar-refractivity contribution in [2.24, 2.45) is 5.41 Å². The second-order valence-electron chi connectivity index (χ2n) is 7.12. The van der Waals surface area contributed by atoms with E-state index in [9.17, 15) is 4.79 Å². The summed E-state index contributed by atoms with van der Waals surface area (Å²) in [6.07, 6.45) is 2.46. The molecule has 1 aliphatic rings. The minimum absolute atomic E-state index is 0.0128. The number of hydrogen-bond acceptors (Lipinski definition) is 4. The Hall–Kier alpha value is -1.36. The Morgan fingerprint density at radius 2 is 1.95 bits per heavy atom. The first-order chi connectivity index (χ1) is 9.85. The van der Waals surface area contributed by atoms with Crippen molar-refractivity contribution in [3.63, 3.8) is 0 Å². The van der Waals surface area contributed by atoms with Gasteiger partial charge in [0, 0.05) is 32.2 Å². The fraction of sp³-hybridized carbons (Fsp3) is 0.750. The minimum Gasteiger partial charge on any atom is -0.361 e. The van der Waals surface area contributed by atoms with Crippen LogP contribution in [0.4, 0.5) is 0 Å². The molecule has 0 atom stereocenters. The van der Waals surface area contributed by atoms with Crippen molar-refractivity contribution in [2.75, 3.05) is 32.7 Å². The highest BCUT2D eigenvalue weighted by molar-refractivity contribution is 5.92. The van der Waals surface area contributed by atoms with Crippen LogP contribution in [0.5, 0.6) is 0 Å². The van der Waals surface area contributed by atoms with Crippen molar-refractivity contribution >= 4 is 5.91 Å². The maximum Gasteiger partial charge on any atom is 0.276 e. The predicted octanol–water partition coefficient (Wildman–Crippen LogP) is 2.57. The number of piperazine rings is 1. The van der Waals surface area contributed by atoms with Gasteiger partial charge in [-0.2, -0.15) is 0 Å². The normalized spacial score (nSPS) is 17.2. The molecule has 2 heterocycles. The Balaban J connectivity index is 1.74. The summed E-state index contributed by atoms with van der Waals surface area (Å²) in [5, 5.41) is 3.81. The summed E-state index contributed by atoms with van der Waals surface area (Å²) in [6, 6.07) is 1.71. The van der Waals surface area contributed by atoms with Crippen LogP contribution < -0.4 is 0 Å². The van der Waals surface area contributed by atoms with E-state index >= 15 is 0 Å². The molecule has 0 bridgehead atoms. The molecule has 1 saturated heterocycles. The maximum atomic E-state index is 12.3. The zero-order chi connectivity index (χ0) is 15.5. The van der Waals surface area contributed by atoms with Gasteiger partial charge in [0.2, 0.25) is 0 Å². The van der Waals surface area contributed by atoms with Gasteiger partial charge in [0.25, 0.3) is 5.91 Å². The zero-order valence-corrected chi connectivity index (χ0v) is 13.7. The smallest absolute Gasteiger partial charge is 0.276 e. The molecule has 1 fully saturated rings. The van der Waals surface area contributed by atoms with E-state index in [0.717, 1.165) is 32.7 Å². The van der Waals surface area contributed by atoms with Crippen LogP contribution in [0, 0.1) is 12.3 Å². The van der Waals surface area contributed by atoms with Gasteiger partial charge in [0.15, 0.2) is 5.69 Å². The average Bonchev–Trinajstić information content (AvgIpc) is 2.84. The summed E-state index contributed by atoms with van der Waals surface area (Å²) < 4.78 is 4.97. The Morgan fingerprint density at radius 1 is 1.29 bits per heavy atom. The van der Waals surface area contributed by atoms with Crippen molar-refractivity contribution in [3.05, 3.63) is 17.5 Å². The molecule has 0 radical (unpaired) electrons. The van der Waals surface area contributed by atoms with Crippen molar-refractivity contribution in [3.8, 4) is 0 Å². The number of carbonyl (C=O) groups excluding carboxylic acids is 1. The van der Waals surface area contributed by atoms with Gasteiger partial charge >= 0.3 is 0 Å². The van der Waals surface area contributed by atoms with Gasteiger partial charge < -0.3 is 9.42 Å². The minimum atomic E-state index is -0.0128. The quantitative estimate of drug-likeness (QED) is 0.856. The van der Waals surface area contributed by atoms with Crippen LogP contribution in [0.25, 0.3) is 0 Å². The number of amides is 1. The molecule has 1 amide bonds. The first-order valence-electron chi connectivity index (χ1n) is 7.80. The molecule has 0 unspecified atom stereocenters. The number of hydrogen-bond donors (Lipinski definition) is 0. The summed E-state index contributed by atoms with van der Waals surface area (Å²) >= 11 is 0. The van der Waals surface area contributed by atoms with Crippen molar-refractivity contribution in [1.29, 1.82) is 0 Å². The van der Waals surface area contributed by atoms with Crippen molar-refractivity contribution < 1.29 is 9.32 Å². The van der Waals surface area contributed by atoms with E-state index in [0.29, 0.717) is 16.9 Å². The number of nitrogens with zero attached hydrogens (tertiary/aromatic N) is 3. The highest BCUT2D eigenvalue weighted by Crippen LogP contribution is 2.21. The molecule has 0 aliphatic carbocycles. The Bertz CT molecular complexity index is 468. The first kappa shape index (κ1) is 16.0. The third-order valence-corrected chi connectivity index (χ3v) is 3.91. The maximum absolute atomic E-state index is 12.3. The van der Waals surface area contributed by atoms with Crippen LogP contribution in [-0.4, -0.2) is 53.6 Å². The topological polar surface area (TPSA) is 49.6 Å². The van der Waals surface area contributed by atoms with Gasteiger partial charge in [-0.05, 0) is 31.7 Å². The molecule has 1 aliphatic heterocycles. The molecule has 2 rings (SSSR count). The zero-order valence-electron chi connectivity index (χ0n) is 13.7. The summed E-state index contributed by atoms with van der Waals surface area (Å²) in [5.41, 5.74) is 0.830. The second kappa shape index (κ2) is 6.60. The van der Waals surface area contributed by atoms with E-state index in [2.05, 4.69) is 30.8 Å². The highest BCUT2D eigenvalue weighted by Gasteiger charge is 2.24. The highest BCUT2D eigenvalue weighted by atomic mass is 16.5. The van der Waals surface area contributed by atoms with E-state index in [4.69, 9.17) is 4.52 Å². The van der Waals surface area contributed by atoms with Gasteiger partial charge in [0.1, 0.15) is 5.76 Å². The fourth-order valence-corrected chi connectivity index (χ4v) is 2.64. The molecular formula is C16H27N3O2. The van der Waals surface area contributed by atoms with Gasteiger partial charge in [-0.3, -0.25) is 9.69 Å². The lowest BCUT2D eigenvalue weighted by molar-refractivity contribution is 0.0622. The molecule has 5 heteroatoms. The third-order valence-electron chi connectivity index (χ3n) is 3.91. The molecule has 1 aromatic heterocycles. The van der Waals surface area contributed by atoms with Gasteiger partial charge in [-0.15, -0.1) is 0 Å². The number of rotatable bonds is 4. The van der Waals surface area contributed by atoms with Crippen LogP contribution in [0.3, 0.4) is 0 Å². The van der Waals surface area contributed by atoms with E-state index in [-0.39, 0.29) is 5.91 Å². The molecule has 5 nitrogen and oxygen atoms in total. The molecule has 1 aromatic rings. The summed E-state index contributed by atoms with van der Waals surface area (Å²) in [4.78, 5) is 16.6. The molecular weight excluding hydrogens is 266 g/mol. The Labute approximate surface area is 127 Å². The Morgan fingerprint density at radius 3 is 2.48 bits per heavy atom. The first-order valence-corrected chi connectivity index (χ1v) is 7.80. The molecule has 118 valence electrons. The van der Waals surface area contributed by atoms with Gasteiger partial charge in [-0.25, -0.2) is 0 Å². The average molecular weight is 293 g/mol. The van der Waals surface area contributed by atoms with Crippen molar-refractivity contribution in [2.45, 2.75) is 40.5 Å². The summed E-state index contributed by atoms with van der Waals surface area (Å²) in [7, 11) is 0. The van der Waals surface area contributed by atoms with Crippen LogP contribution >= 0.6 is 0 Å². The largest absolute Gasteiger partial charge is 0.361 e. The van der Waals surface area contributed by atoms with E-state index in [1.807, 2.05) is 4.90 Å². The van der Waals surface area contributed by atoms with E-state index in [1.165, 1.54) is 12.8 Å². The molecule has 0 N–H and O–H groups in total. The summed E-state index contributed by atoms with van der Waals surface area (Å²) in [5.74, 6) is 0.667. The lowest BCUT2D eigenvalue weighted by atomic mass is 9.90. The molecule has 0 spiro atoms. The predicted molar refractivity (Wildman–Crippen MR) is 82.3 cm³/mol. The van der Waals surface area contributed by atoms with Crippen molar-refractivity contribution in [1.82, 2.24) is 15.0 Å².